The largest absolute Gasteiger partial charge is 0.364 e. The highest BCUT2D eigenvalue weighted by Gasteiger charge is 2.40. The first kappa shape index (κ1) is 17.6. The smallest absolute Gasteiger partial charge is 0.181 e. The van der Waals surface area contributed by atoms with E-state index in [2.05, 4.69) is 4.98 Å². The third-order valence-corrected chi connectivity index (χ3v) is 5.60. The fourth-order valence-electron chi connectivity index (χ4n) is 3.28. The number of hydrogen-bond acceptors (Lipinski definition) is 6. The number of aliphatic hydroxyl groups excluding tert-OH is 1. The molecule has 0 aliphatic carbocycles. The van der Waals surface area contributed by atoms with Crippen LogP contribution in [0.15, 0.2) is 46.0 Å². The number of rotatable bonds is 5. The monoisotopic (exact) mass is 393 g/mol. The first-order chi connectivity index (χ1) is 12.6. The molecule has 2 aliphatic rings. The van der Waals surface area contributed by atoms with E-state index in [0.29, 0.717) is 17.7 Å². The van der Waals surface area contributed by atoms with Crippen molar-refractivity contribution in [3.8, 4) is 0 Å². The minimum atomic E-state index is -1.09. The van der Waals surface area contributed by atoms with Gasteiger partial charge in [0.15, 0.2) is 17.1 Å². The quantitative estimate of drug-likeness (QED) is 0.786. The van der Waals surface area contributed by atoms with Crippen molar-refractivity contribution in [1.82, 2.24) is 9.88 Å². The van der Waals surface area contributed by atoms with Crippen LogP contribution >= 0.6 is 22.9 Å². The van der Waals surface area contributed by atoms with Crippen molar-refractivity contribution < 1.29 is 14.2 Å². The topological polar surface area (TPSA) is 58.0 Å². The minimum absolute atomic E-state index is 0.270. The second-order valence-electron chi connectivity index (χ2n) is 5.97. The average Bonchev–Trinajstić information content (AvgIpc) is 3.10. The van der Waals surface area contributed by atoms with Gasteiger partial charge in [0.25, 0.3) is 0 Å². The molecule has 1 aromatic carbocycles. The zero-order chi connectivity index (χ0) is 18.3. The van der Waals surface area contributed by atoms with E-state index >= 15 is 0 Å². The second-order valence-corrected chi connectivity index (χ2v) is 7.27. The third-order valence-electron chi connectivity index (χ3n) is 4.50. The lowest BCUT2D eigenvalue weighted by atomic mass is 9.90. The van der Waals surface area contributed by atoms with Gasteiger partial charge in [-0.2, -0.15) is 0 Å². The summed E-state index contributed by atoms with van der Waals surface area (Å²) in [6, 6.07) is 3.68. The molecule has 1 saturated heterocycles. The van der Waals surface area contributed by atoms with Gasteiger partial charge in [-0.1, -0.05) is 17.7 Å². The van der Waals surface area contributed by atoms with E-state index < -0.39 is 18.1 Å². The van der Waals surface area contributed by atoms with Crippen LogP contribution in [0.1, 0.15) is 30.0 Å². The molecule has 8 heteroatoms. The van der Waals surface area contributed by atoms with Crippen LogP contribution in [0, 0.1) is 5.82 Å². The normalized spacial score (nSPS) is 20.5. The van der Waals surface area contributed by atoms with Crippen molar-refractivity contribution in [1.29, 1.82) is 0 Å². The van der Waals surface area contributed by atoms with Crippen LogP contribution < -0.4 is 0 Å². The summed E-state index contributed by atoms with van der Waals surface area (Å²) in [6.45, 7) is 2.99. The molecule has 3 heterocycles. The standard InChI is InChI=1S/C18H17ClFN3O2S/c1-2-25-18(24)14-13-5-7-23(13)16(17-21-6-8-26-17)22-15(14)11-4-3-10(20)9-12(11)19/h3-4,6,8-9,15,18,24H,2,5,7H2,1H3. The van der Waals surface area contributed by atoms with E-state index in [9.17, 15) is 9.50 Å². The number of aliphatic imine (C=N–C) groups is 1. The molecule has 0 saturated carbocycles. The first-order valence-electron chi connectivity index (χ1n) is 8.33. The van der Waals surface area contributed by atoms with Gasteiger partial charge in [0, 0.05) is 47.4 Å². The zero-order valence-electron chi connectivity index (χ0n) is 14.0. The fourth-order valence-corrected chi connectivity index (χ4v) is 4.19. The Morgan fingerprint density at radius 3 is 2.96 bits per heavy atom. The van der Waals surface area contributed by atoms with Crippen LogP contribution in [0.5, 0.6) is 0 Å². The first-order valence-corrected chi connectivity index (χ1v) is 9.58. The van der Waals surface area contributed by atoms with Gasteiger partial charge in [0.1, 0.15) is 11.9 Å². The van der Waals surface area contributed by atoms with Crippen molar-refractivity contribution in [2.45, 2.75) is 25.7 Å². The van der Waals surface area contributed by atoms with E-state index in [-0.39, 0.29) is 5.02 Å². The molecular formula is C18H17ClFN3O2S. The van der Waals surface area contributed by atoms with Crippen molar-refractivity contribution in [2.75, 3.05) is 13.2 Å². The number of hydrogen-bond donors (Lipinski definition) is 1. The fraction of sp³-hybridized carbons (Fsp3) is 0.333. The summed E-state index contributed by atoms with van der Waals surface area (Å²) in [5.41, 5.74) is 2.26. The Morgan fingerprint density at radius 2 is 2.35 bits per heavy atom. The highest BCUT2D eigenvalue weighted by molar-refractivity contribution is 7.11. The number of halogens is 2. The van der Waals surface area contributed by atoms with Gasteiger partial charge in [-0.15, -0.1) is 11.3 Å². The number of nitrogens with zero attached hydrogens (tertiary/aromatic N) is 3. The number of thiazole rings is 1. The molecule has 0 bridgehead atoms. The Bertz CT molecular complexity index is 885. The molecule has 0 amide bonds. The molecule has 0 radical (unpaired) electrons. The maximum absolute atomic E-state index is 13.5. The molecule has 26 heavy (non-hydrogen) atoms. The van der Waals surface area contributed by atoms with E-state index in [0.717, 1.165) is 29.5 Å². The van der Waals surface area contributed by atoms with Gasteiger partial charge >= 0.3 is 0 Å². The Hall–Kier alpha value is -1.80. The summed E-state index contributed by atoms with van der Waals surface area (Å²) in [6.07, 6.45) is 1.44. The molecule has 2 atom stereocenters. The summed E-state index contributed by atoms with van der Waals surface area (Å²) in [4.78, 5) is 11.3. The molecule has 5 nitrogen and oxygen atoms in total. The van der Waals surface area contributed by atoms with E-state index in [4.69, 9.17) is 21.3 Å². The highest BCUT2D eigenvalue weighted by Crippen LogP contribution is 2.44. The maximum Gasteiger partial charge on any atom is 0.181 e. The van der Waals surface area contributed by atoms with Crippen molar-refractivity contribution in [2.24, 2.45) is 4.99 Å². The maximum atomic E-state index is 13.5. The summed E-state index contributed by atoms with van der Waals surface area (Å²) >= 11 is 7.80. The van der Waals surface area contributed by atoms with Crippen molar-refractivity contribution in [3.63, 3.8) is 0 Å². The Balaban J connectivity index is 1.85. The second kappa shape index (κ2) is 7.08. The number of aliphatic hydroxyl groups is 1. The molecule has 1 N–H and O–H groups in total. The van der Waals surface area contributed by atoms with Gasteiger partial charge in [0.2, 0.25) is 0 Å². The zero-order valence-corrected chi connectivity index (χ0v) is 15.6. The van der Waals surface area contributed by atoms with Crippen LogP contribution in [0.4, 0.5) is 4.39 Å². The highest BCUT2D eigenvalue weighted by atomic mass is 35.5. The Kier molecular flexibility index (Phi) is 4.79. The Morgan fingerprint density at radius 1 is 1.50 bits per heavy atom. The molecule has 2 aromatic rings. The van der Waals surface area contributed by atoms with Gasteiger partial charge in [-0.3, -0.25) is 4.99 Å². The lowest BCUT2D eigenvalue weighted by molar-refractivity contribution is -0.0730. The number of amidine groups is 1. The predicted molar refractivity (Wildman–Crippen MR) is 98.8 cm³/mol. The van der Waals surface area contributed by atoms with E-state index in [1.54, 1.807) is 12.3 Å². The summed E-state index contributed by atoms with van der Waals surface area (Å²) in [5.74, 6) is 0.336. The average molecular weight is 394 g/mol. The molecular weight excluding hydrogens is 377 g/mol. The van der Waals surface area contributed by atoms with Crippen molar-refractivity contribution >= 4 is 28.8 Å². The van der Waals surface area contributed by atoms with Gasteiger partial charge in [-0.05, 0) is 24.6 Å². The van der Waals surface area contributed by atoms with E-state index in [1.807, 2.05) is 17.2 Å². The third kappa shape index (κ3) is 2.95. The van der Waals surface area contributed by atoms with Crippen LogP contribution in [-0.4, -0.2) is 40.3 Å². The van der Waals surface area contributed by atoms with Crippen LogP contribution in [0.25, 0.3) is 0 Å². The number of fused-ring (bicyclic) bond motifs is 1. The van der Waals surface area contributed by atoms with Crippen LogP contribution in [0.3, 0.4) is 0 Å². The van der Waals surface area contributed by atoms with Gasteiger partial charge < -0.3 is 14.7 Å². The minimum Gasteiger partial charge on any atom is -0.364 e. The number of aromatic nitrogens is 1. The molecule has 1 fully saturated rings. The lowest BCUT2D eigenvalue weighted by Crippen LogP contribution is -2.46. The van der Waals surface area contributed by atoms with Gasteiger partial charge in [-0.25, -0.2) is 9.37 Å². The van der Waals surface area contributed by atoms with E-state index in [1.165, 1.54) is 23.5 Å². The lowest BCUT2D eigenvalue weighted by Gasteiger charge is -2.44. The summed E-state index contributed by atoms with van der Waals surface area (Å²) in [5, 5.41) is 13.5. The predicted octanol–water partition coefficient (Wildman–Crippen LogP) is 3.75. The summed E-state index contributed by atoms with van der Waals surface area (Å²) < 4.78 is 19.0. The number of benzene rings is 1. The molecule has 1 aromatic heterocycles. The Labute approximate surface area is 159 Å². The van der Waals surface area contributed by atoms with Crippen LogP contribution in [-0.2, 0) is 4.74 Å². The molecule has 2 unspecified atom stereocenters. The van der Waals surface area contributed by atoms with Gasteiger partial charge in [0.05, 0.1) is 0 Å². The van der Waals surface area contributed by atoms with Crippen LogP contribution in [0.2, 0.25) is 5.02 Å². The molecule has 2 aliphatic heterocycles. The van der Waals surface area contributed by atoms with Crippen molar-refractivity contribution in [3.05, 3.63) is 62.5 Å². The molecule has 0 spiro atoms. The molecule has 136 valence electrons. The SMILES string of the molecule is CCOC(O)C1=C2CCN2C(c2nccs2)=NC1c1ccc(F)cc1Cl. The number of ether oxygens (including phenoxy) is 1. The molecule has 4 rings (SSSR count). The summed E-state index contributed by atoms with van der Waals surface area (Å²) in [7, 11) is 0.